The van der Waals surface area contributed by atoms with Crippen molar-refractivity contribution >= 4 is 59.3 Å². The molecule has 1 aliphatic heterocycles. The number of Topliss-reactive ketones (excluding diaryl/α,β-unsaturated/α-hetero) is 1. The summed E-state index contributed by atoms with van der Waals surface area (Å²) in [5, 5.41) is 29.1. The standard InChI is InChI=1S/C43H54N10O16/c1-28(2)38(48-42(60)67-23-21-64-18-16-51-26-32(49-50-51)25-46-41(59)66-22-20-65-19-17-52-36(55)13-14-37(52)56)35(54)24-30(4-3-15-45-40(44)58)39(57)47-31-7-5-29(6-8-31)27-68-43(61)69-34-11-9-33(10-12-34)53(62)63/h5-14,26,28,30,38H,3-4,15-25,27H2,1-2H3,(H,46,59)(H,47,57)(H,48,60)(H3,44,45,58)/t30-,38+/m1/s1. The number of urea groups is 1. The quantitative estimate of drug-likeness (QED) is 0.0127. The third kappa shape index (κ3) is 19.8. The van der Waals surface area contributed by atoms with Gasteiger partial charge in [-0.1, -0.05) is 31.2 Å². The molecule has 26 nitrogen and oxygen atoms in total. The van der Waals surface area contributed by atoms with Gasteiger partial charge in [-0.3, -0.25) is 34.2 Å². The topological polar surface area (TPSA) is 343 Å². The lowest BCUT2D eigenvalue weighted by Crippen LogP contribution is -2.46. The minimum atomic E-state index is -1.04. The van der Waals surface area contributed by atoms with Crippen molar-refractivity contribution in [3.05, 3.63) is 88.3 Å². The van der Waals surface area contributed by atoms with Gasteiger partial charge in [-0.2, -0.15) is 0 Å². The summed E-state index contributed by atoms with van der Waals surface area (Å²) in [5.41, 5.74) is 6.36. The first kappa shape index (κ1) is 53.6. The molecule has 2 aromatic carbocycles. The van der Waals surface area contributed by atoms with Crippen molar-refractivity contribution in [3.63, 3.8) is 0 Å². The molecule has 0 bridgehead atoms. The van der Waals surface area contributed by atoms with Crippen LogP contribution in [0.5, 0.6) is 5.75 Å². The summed E-state index contributed by atoms with van der Waals surface area (Å²) in [7, 11) is 0. The monoisotopic (exact) mass is 966 g/mol. The van der Waals surface area contributed by atoms with Crippen LogP contribution in [0.3, 0.4) is 0 Å². The van der Waals surface area contributed by atoms with Gasteiger partial charge < -0.3 is 55.4 Å². The van der Waals surface area contributed by atoms with Gasteiger partial charge in [0, 0.05) is 48.9 Å². The number of alkyl carbamates (subject to hydrolysis) is 2. The molecule has 0 unspecified atom stereocenters. The molecule has 0 saturated carbocycles. The number of nitro groups is 1. The maximum atomic E-state index is 13.6. The number of amides is 7. The Morgan fingerprint density at radius 1 is 0.812 bits per heavy atom. The van der Waals surface area contributed by atoms with E-state index in [0.717, 1.165) is 4.90 Å². The maximum absolute atomic E-state index is 13.6. The number of nitrogens with two attached hydrogens (primary N) is 1. The number of carbonyl (C=O) groups excluding carboxylic acids is 8. The van der Waals surface area contributed by atoms with E-state index in [-0.39, 0.29) is 103 Å². The van der Waals surface area contributed by atoms with Crippen LogP contribution in [0.4, 0.5) is 30.6 Å². The van der Waals surface area contributed by atoms with Gasteiger partial charge in [0.1, 0.15) is 31.3 Å². The Balaban J connectivity index is 1.13. The molecule has 7 amide bonds. The van der Waals surface area contributed by atoms with Crippen molar-refractivity contribution in [2.75, 3.05) is 58.0 Å². The average molecular weight is 967 g/mol. The van der Waals surface area contributed by atoms with Crippen LogP contribution in [-0.4, -0.2) is 131 Å². The summed E-state index contributed by atoms with van der Waals surface area (Å²) in [6, 6.07) is 9.42. The smallest absolute Gasteiger partial charge is 0.447 e. The highest BCUT2D eigenvalue weighted by molar-refractivity contribution is 6.12. The molecule has 4 rings (SSSR count). The summed E-state index contributed by atoms with van der Waals surface area (Å²) >= 11 is 0. The second-order valence-electron chi connectivity index (χ2n) is 15.2. The molecule has 69 heavy (non-hydrogen) atoms. The Morgan fingerprint density at radius 2 is 1.46 bits per heavy atom. The molecule has 2 atom stereocenters. The molecule has 0 radical (unpaired) electrons. The Labute approximate surface area is 394 Å². The van der Waals surface area contributed by atoms with Crippen molar-refractivity contribution in [1.29, 1.82) is 0 Å². The van der Waals surface area contributed by atoms with Crippen molar-refractivity contribution in [2.24, 2.45) is 17.6 Å². The van der Waals surface area contributed by atoms with E-state index >= 15 is 0 Å². The number of ether oxygens (including phenoxy) is 6. The number of aromatic nitrogens is 3. The van der Waals surface area contributed by atoms with Crippen LogP contribution >= 0.6 is 0 Å². The number of nitrogens with zero attached hydrogens (tertiary/aromatic N) is 5. The molecule has 3 aromatic rings. The number of rotatable bonds is 29. The van der Waals surface area contributed by atoms with E-state index in [2.05, 4.69) is 31.6 Å². The number of imide groups is 1. The number of non-ortho nitro benzene ring substituents is 1. The molecule has 1 aromatic heterocycles. The summed E-state index contributed by atoms with van der Waals surface area (Å²) in [5.74, 6) is -2.95. The fourth-order valence-electron chi connectivity index (χ4n) is 6.17. The van der Waals surface area contributed by atoms with Crippen LogP contribution in [-0.2, 0) is 62.6 Å². The molecule has 26 heteroatoms. The minimum absolute atomic E-state index is 0.0183. The first-order valence-corrected chi connectivity index (χ1v) is 21.5. The maximum Gasteiger partial charge on any atom is 0.514 e. The van der Waals surface area contributed by atoms with Gasteiger partial charge in [-0.05, 0) is 48.6 Å². The number of carbonyl (C=O) groups is 8. The van der Waals surface area contributed by atoms with E-state index < -0.39 is 64.8 Å². The van der Waals surface area contributed by atoms with Crippen LogP contribution in [0.15, 0.2) is 66.9 Å². The molecular formula is C43H54N10O16. The number of hydrogen-bond donors (Lipinski definition) is 5. The van der Waals surface area contributed by atoms with Crippen molar-refractivity contribution < 1.29 is 71.7 Å². The van der Waals surface area contributed by atoms with Crippen molar-refractivity contribution in [2.45, 2.75) is 58.8 Å². The highest BCUT2D eigenvalue weighted by Gasteiger charge is 2.30. The Morgan fingerprint density at radius 3 is 2.10 bits per heavy atom. The van der Waals surface area contributed by atoms with Gasteiger partial charge >= 0.3 is 24.4 Å². The summed E-state index contributed by atoms with van der Waals surface area (Å²) in [4.78, 5) is 109. The average Bonchev–Trinajstić information content (AvgIpc) is 3.91. The molecule has 2 heterocycles. The number of ketones is 1. The van der Waals surface area contributed by atoms with Gasteiger partial charge in [0.2, 0.25) is 5.91 Å². The first-order chi connectivity index (χ1) is 33.1. The molecule has 372 valence electrons. The summed E-state index contributed by atoms with van der Waals surface area (Å²) < 4.78 is 32.7. The van der Waals surface area contributed by atoms with E-state index in [4.69, 9.17) is 34.2 Å². The normalized spacial score (nSPS) is 12.8. The lowest BCUT2D eigenvalue weighted by Gasteiger charge is -2.24. The highest BCUT2D eigenvalue weighted by Crippen LogP contribution is 2.21. The van der Waals surface area contributed by atoms with E-state index in [1.165, 1.54) is 41.1 Å². The third-order valence-electron chi connectivity index (χ3n) is 9.71. The number of anilines is 1. The summed E-state index contributed by atoms with van der Waals surface area (Å²) in [6.07, 6.45) is 1.57. The number of benzene rings is 2. The molecule has 0 aliphatic carbocycles. The van der Waals surface area contributed by atoms with Gasteiger partial charge in [-0.25, -0.2) is 23.9 Å². The zero-order valence-corrected chi connectivity index (χ0v) is 37.8. The molecule has 0 fully saturated rings. The fraction of sp³-hybridized carbons (Fsp3) is 0.442. The SMILES string of the molecule is CC(C)[C@H](NC(=O)OCCOCCn1cc(CNC(=O)OCCOCCN2C(=O)C=CC2=O)nn1)C(=O)C[C@@H](CCCNC(N)=O)C(=O)Nc1ccc(COC(=O)Oc2ccc([N+](=O)[O-])cc2)cc1. The highest BCUT2D eigenvalue weighted by atomic mass is 16.7. The molecular weight excluding hydrogens is 913 g/mol. The van der Waals surface area contributed by atoms with E-state index in [1.54, 1.807) is 44.3 Å². The van der Waals surface area contributed by atoms with E-state index in [9.17, 15) is 48.5 Å². The van der Waals surface area contributed by atoms with E-state index in [1.807, 2.05) is 0 Å². The van der Waals surface area contributed by atoms with Crippen LogP contribution in [0.2, 0.25) is 0 Å². The second-order valence-corrected chi connectivity index (χ2v) is 15.2. The molecule has 6 N–H and O–H groups in total. The number of nitro benzene ring substituents is 1. The van der Waals surface area contributed by atoms with Gasteiger partial charge in [0.15, 0.2) is 5.78 Å². The van der Waals surface area contributed by atoms with Gasteiger partial charge in [0.05, 0.1) is 63.2 Å². The zero-order valence-electron chi connectivity index (χ0n) is 37.8. The second kappa shape index (κ2) is 28.2. The van der Waals surface area contributed by atoms with Crippen molar-refractivity contribution in [1.82, 2.24) is 35.8 Å². The third-order valence-corrected chi connectivity index (χ3v) is 9.71. The predicted molar refractivity (Wildman–Crippen MR) is 238 cm³/mol. The van der Waals surface area contributed by atoms with Crippen LogP contribution in [0.25, 0.3) is 0 Å². The number of primary amides is 1. The van der Waals surface area contributed by atoms with Crippen LogP contribution < -0.4 is 31.7 Å². The largest absolute Gasteiger partial charge is 0.514 e. The number of nitrogens with one attached hydrogen (secondary N) is 4. The Hall–Kier alpha value is -8.00. The molecule has 1 aliphatic rings. The molecule has 0 spiro atoms. The van der Waals surface area contributed by atoms with Gasteiger partial charge in [-0.15, -0.1) is 5.10 Å². The number of hydrogen-bond acceptors (Lipinski definition) is 18. The lowest BCUT2D eigenvalue weighted by atomic mass is 9.89. The fourth-order valence-corrected chi connectivity index (χ4v) is 6.17. The first-order valence-electron chi connectivity index (χ1n) is 21.5. The van der Waals surface area contributed by atoms with Crippen LogP contribution in [0.1, 0.15) is 44.4 Å². The van der Waals surface area contributed by atoms with E-state index in [0.29, 0.717) is 23.4 Å². The lowest BCUT2D eigenvalue weighted by molar-refractivity contribution is -0.384. The van der Waals surface area contributed by atoms with Crippen molar-refractivity contribution in [3.8, 4) is 5.75 Å². The Kier molecular flexibility index (Phi) is 21.9. The zero-order chi connectivity index (χ0) is 50.1. The van der Waals surface area contributed by atoms with Crippen LogP contribution in [0, 0.1) is 22.0 Å². The Bertz CT molecular complexity index is 2250. The van der Waals surface area contributed by atoms with Gasteiger partial charge in [0.25, 0.3) is 17.5 Å². The predicted octanol–water partition coefficient (Wildman–Crippen LogP) is 2.50. The summed E-state index contributed by atoms with van der Waals surface area (Å²) in [6.45, 7) is 3.98. The minimum Gasteiger partial charge on any atom is -0.447 e. The molecule has 0 saturated heterocycles.